The monoisotopic (exact) mass is 295 g/mol. The first-order chi connectivity index (χ1) is 10.5. The van der Waals surface area contributed by atoms with E-state index in [0.29, 0.717) is 22.3 Å². The maximum atomic E-state index is 12.6. The number of aryl methyl sites for hydroxylation is 2. The Balaban J connectivity index is 2.28. The number of hydrogen-bond acceptors (Lipinski definition) is 4. The number of aromatic nitrogens is 4. The van der Waals surface area contributed by atoms with E-state index in [1.54, 1.807) is 42.9 Å². The lowest BCUT2D eigenvalue weighted by Crippen LogP contribution is -2.40. The summed E-state index contributed by atoms with van der Waals surface area (Å²) < 4.78 is 4.05. The van der Waals surface area contributed by atoms with Crippen LogP contribution in [-0.2, 0) is 20.6 Å². The van der Waals surface area contributed by atoms with E-state index in [4.69, 9.17) is 5.26 Å². The van der Waals surface area contributed by atoms with E-state index in [9.17, 15) is 9.59 Å². The second kappa shape index (κ2) is 5.00. The first kappa shape index (κ1) is 13.8. The highest BCUT2D eigenvalue weighted by Gasteiger charge is 2.15. The fourth-order valence-electron chi connectivity index (χ4n) is 2.47. The van der Waals surface area contributed by atoms with Gasteiger partial charge in [0, 0.05) is 14.1 Å². The van der Waals surface area contributed by atoms with Gasteiger partial charge in [0.15, 0.2) is 11.2 Å². The Bertz CT molecular complexity index is 1030. The largest absolute Gasteiger partial charge is 0.332 e. The van der Waals surface area contributed by atoms with Crippen LogP contribution < -0.4 is 11.2 Å². The van der Waals surface area contributed by atoms with Crippen LogP contribution >= 0.6 is 0 Å². The molecule has 22 heavy (non-hydrogen) atoms. The fraction of sp³-hybridized carbons (Fsp3) is 0.200. The number of imidazole rings is 1. The molecule has 0 bridgehead atoms. The first-order valence-corrected chi connectivity index (χ1v) is 6.63. The predicted molar refractivity (Wildman–Crippen MR) is 80.5 cm³/mol. The van der Waals surface area contributed by atoms with Gasteiger partial charge in [-0.2, -0.15) is 5.26 Å². The van der Waals surface area contributed by atoms with Crippen LogP contribution in [0.5, 0.6) is 0 Å². The normalized spacial score (nSPS) is 10.8. The minimum absolute atomic E-state index is 0.0519. The quantitative estimate of drug-likeness (QED) is 0.683. The average molecular weight is 295 g/mol. The fourth-order valence-corrected chi connectivity index (χ4v) is 2.47. The Hall–Kier alpha value is -3.14. The molecule has 0 fully saturated rings. The van der Waals surface area contributed by atoms with Crippen molar-refractivity contribution in [2.45, 2.75) is 6.54 Å². The molecule has 2 heterocycles. The number of rotatable bonds is 2. The van der Waals surface area contributed by atoms with E-state index >= 15 is 0 Å². The minimum Gasteiger partial charge on any atom is -0.328 e. The van der Waals surface area contributed by atoms with Crippen molar-refractivity contribution in [3.8, 4) is 6.07 Å². The van der Waals surface area contributed by atoms with E-state index < -0.39 is 11.2 Å². The lowest BCUT2D eigenvalue weighted by Gasteiger charge is -2.09. The summed E-state index contributed by atoms with van der Waals surface area (Å²) in [5.74, 6) is 0. The third kappa shape index (κ3) is 1.93. The van der Waals surface area contributed by atoms with Crippen LogP contribution in [0.15, 0.2) is 40.2 Å². The van der Waals surface area contributed by atoms with Crippen molar-refractivity contribution in [2.75, 3.05) is 0 Å². The maximum absolute atomic E-state index is 12.6. The smallest absolute Gasteiger partial charge is 0.328 e. The molecule has 1 aromatic carbocycles. The summed E-state index contributed by atoms with van der Waals surface area (Å²) in [7, 11) is 3.28. The van der Waals surface area contributed by atoms with Crippen molar-refractivity contribution in [3.05, 3.63) is 62.6 Å². The lowest BCUT2D eigenvalue weighted by molar-refractivity contribution is 0.654. The van der Waals surface area contributed by atoms with Crippen LogP contribution in [0.3, 0.4) is 0 Å². The van der Waals surface area contributed by atoms with Crippen LogP contribution in [-0.4, -0.2) is 18.7 Å². The molecule has 3 rings (SSSR count). The van der Waals surface area contributed by atoms with Gasteiger partial charge in [-0.3, -0.25) is 13.9 Å². The zero-order valence-corrected chi connectivity index (χ0v) is 12.1. The molecular weight excluding hydrogens is 282 g/mol. The number of fused-ring (bicyclic) bond motifs is 1. The van der Waals surface area contributed by atoms with Gasteiger partial charge in [-0.05, 0) is 11.6 Å². The van der Waals surface area contributed by atoms with Gasteiger partial charge < -0.3 is 4.57 Å². The van der Waals surface area contributed by atoms with Crippen LogP contribution in [0, 0.1) is 11.3 Å². The molecule has 0 saturated carbocycles. The molecule has 0 aliphatic carbocycles. The van der Waals surface area contributed by atoms with E-state index in [1.165, 1.54) is 10.9 Å². The SMILES string of the molecule is Cn1cnc2c1c(=O)n(Cc1ccccc1C#N)c(=O)n2C. The number of hydrogen-bond donors (Lipinski definition) is 0. The molecule has 0 aliphatic rings. The van der Waals surface area contributed by atoms with E-state index in [-0.39, 0.29) is 6.54 Å². The third-order valence-corrected chi connectivity index (χ3v) is 3.67. The second-order valence-corrected chi connectivity index (χ2v) is 5.03. The Morgan fingerprint density at radius 1 is 1.23 bits per heavy atom. The Morgan fingerprint density at radius 2 is 1.95 bits per heavy atom. The Kier molecular flexibility index (Phi) is 3.14. The second-order valence-electron chi connectivity index (χ2n) is 5.03. The summed E-state index contributed by atoms with van der Waals surface area (Å²) in [6.07, 6.45) is 1.50. The molecule has 7 nitrogen and oxygen atoms in total. The van der Waals surface area contributed by atoms with Gasteiger partial charge >= 0.3 is 5.69 Å². The number of nitrogens with zero attached hydrogens (tertiary/aromatic N) is 5. The summed E-state index contributed by atoms with van der Waals surface area (Å²) in [6.45, 7) is 0.0519. The van der Waals surface area contributed by atoms with E-state index in [0.717, 1.165) is 4.57 Å². The molecule has 7 heteroatoms. The highest BCUT2D eigenvalue weighted by molar-refractivity contribution is 5.69. The first-order valence-electron chi connectivity index (χ1n) is 6.63. The van der Waals surface area contributed by atoms with Gasteiger partial charge in [0.2, 0.25) is 0 Å². The summed E-state index contributed by atoms with van der Waals surface area (Å²) in [6, 6.07) is 8.98. The molecule has 2 aromatic heterocycles. The highest BCUT2D eigenvalue weighted by Crippen LogP contribution is 2.09. The van der Waals surface area contributed by atoms with Gasteiger partial charge in [0.1, 0.15) is 0 Å². The summed E-state index contributed by atoms with van der Waals surface area (Å²) >= 11 is 0. The van der Waals surface area contributed by atoms with Crippen LogP contribution in [0.4, 0.5) is 0 Å². The number of benzene rings is 1. The summed E-state index contributed by atoms with van der Waals surface area (Å²) in [4.78, 5) is 29.1. The van der Waals surface area contributed by atoms with Crippen molar-refractivity contribution in [2.24, 2.45) is 14.1 Å². The van der Waals surface area contributed by atoms with Crippen molar-refractivity contribution >= 4 is 11.2 Å². The molecule has 0 aliphatic heterocycles. The molecule has 0 N–H and O–H groups in total. The van der Waals surface area contributed by atoms with Gasteiger partial charge in [-0.1, -0.05) is 18.2 Å². The molecule has 3 aromatic rings. The zero-order valence-electron chi connectivity index (χ0n) is 12.1. The topological polar surface area (TPSA) is 85.6 Å². The van der Waals surface area contributed by atoms with Gasteiger partial charge in [-0.25, -0.2) is 9.78 Å². The third-order valence-electron chi connectivity index (χ3n) is 3.67. The minimum atomic E-state index is -0.455. The van der Waals surface area contributed by atoms with Crippen LogP contribution in [0.2, 0.25) is 0 Å². The number of nitriles is 1. The molecule has 0 saturated heterocycles. The molecule has 0 spiro atoms. The molecule has 0 amide bonds. The van der Waals surface area contributed by atoms with E-state index in [1.807, 2.05) is 0 Å². The van der Waals surface area contributed by atoms with Crippen molar-refractivity contribution in [1.29, 1.82) is 5.26 Å². The van der Waals surface area contributed by atoms with Crippen molar-refractivity contribution < 1.29 is 0 Å². The Morgan fingerprint density at radius 3 is 2.68 bits per heavy atom. The predicted octanol–water partition coefficient (Wildman–Crippen LogP) is 0.354. The van der Waals surface area contributed by atoms with Crippen LogP contribution in [0.1, 0.15) is 11.1 Å². The molecular formula is C15H13N5O2. The standard InChI is InChI=1S/C15H13N5O2/c1-18-9-17-13-12(18)14(21)20(15(22)19(13)2)8-11-6-4-3-5-10(11)7-16/h3-6,9H,8H2,1-2H3. The lowest BCUT2D eigenvalue weighted by atomic mass is 10.1. The van der Waals surface area contributed by atoms with Gasteiger partial charge in [-0.15, -0.1) is 0 Å². The Labute approximate surface area is 125 Å². The maximum Gasteiger partial charge on any atom is 0.332 e. The highest BCUT2D eigenvalue weighted by atomic mass is 16.2. The summed E-state index contributed by atoms with van der Waals surface area (Å²) in [5, 5.41) is 9.14. The van der Waals surface area contributed by atoms with Gasteiger partial charge in [0.25, 0.3) is 5.56 Å². The molecule has 0 radical (unpaired) electrons. The van der Waals surface area contributed by atoms with Crippen molar-refractivity contribution in [3.63, 3.8) is 0 Å². The molecule has 0 atom stereocenters. The molecule has 0 unspecified atom stereocenters. The summed E-state index contributed by atoms with van der Waals surface area (Å²) in [5.41, 5.74) is 0.918. The van der Waals surface area contributed by atoms with Gasteiger partial charge in [0.05, 0.1) is 24.5 Å². The van der Waals surface area contributed by atoms with Crippen molar-refractivity contribution in [1.82, 2.24) is 18.7 Å². The average Bonchev–Trinajstić information content (AvgIpc) is 2.92. The van der Waals surface area contributed by atoms with Crippen LogP contribution in [0.25, 0.3) is 11.2 Å². The zero-order chi connectivity index (χ0) is 15.9. The molecule has 110 valence electrons. The van der Waals surface area contributed by atoms with E-state index in [2.05, 4.69) is 11.1 Å².